The molecule has 0 bridgehead atoms. The van der Waals surface area contributed by atoms with Gasteiger partial charge in [0.25, 0.3) is 5.56 Å². The average Bonchev–Trinajstić information content (AvgIpc) is 3.27. The van der Waals surface area contributed by atoms with Crippen LogP contribution in [0.4, 0.5) is 4.39 Å². The van der Waals surface area contributed by atoms with Crippen LogP contribution in [0.1, 0.15) is 17.9 Å². The Kier molecular flexibility index (Phi) is 3.83. The number of likely N-dealkylation sites (tertiary alicyclic amines) is 1. The maximum absolute atomic E-state index is 13.9. The van der Waals surface area contributed by atoms with Gasteiger partial charge in [-0.05, 0) is 30.2 Å². The highest BCUT2D eigenvalue weighted by Crippen LogP contribution is 2.28. The minimum atomic E-state index is -0.300. The Balaban J connectivity index is 1.49. The first kappa shape index (κ1) is 15.6. The van der Waals surface area contributed by atoms with E-state index in [0.717, 1.165) is 0 Å². The minimum absolute atomic E-state index is 0.0112. The van der Waals surface area contributed by atoms with Crippen LogP contribution >= 0.6 is 0 Å². The van der Waals surface area contributed by atoms with Gasteiger partial charge in [0.15, 0.2) is 0 Å². The van der Waals surface area contributed by atoms with E-state index >= 15 is 0 Å². The SMILES string of the molecule is O=C(Cn1ncn2cccc2c1=O)N1CC[C@H](c2ccccc2F)C1. The highest BCUT2D eigenvalue weighted by Gasteiger charge is 2.29. The topological polar surface area (TPSA) is 59.6 Å². The molecule has 3 heterocycles. The highest BCUT2D eigenvalue weighted by atomic mass is 19.1. The molecule has 4 rings (SSSR count). The third kappa shape index (κ3) is 2.82. The van der Waals surface area contributed by atoms with Crippen LogP contribution in [0.3, 0.4) is 0 Å². The van der Waals surface area contributed by atoms with E-state index in [2.05, 4.69) is 5.10 Å². The van der Waals surface area contributed by atoms with Crippen LogP contribution in [0.15, 0.2) is 53.7 Å². The lowest BCUT2D eigenvalue weighted by Gasteiger charge is -2.17. The molecular weight excluding hydrogens is 323 g/mol. The molecule has 2 aromatic heterocycles. The Hall–Kier alpha value is -2.96. The standard InChI is InChI=1S/C18H17FN4O2/c19-15-5-2-1-4-14(15)13-7-9-21(10-13)17(24)11-23-18(25)16-6-3-8-22(16)12-20-23/h1-6,8,12-13H,7,9-11H2/t13-/m0/s1. The summed E-state index contributed by atoms with van der Waals surface area (Å²) in [5.41, 5.74) is 0.821. The van der Waals surface area contributed by atoms with E-state index in [0.29, 0.717) is 30.6 Å². The van der Waals surface area contributed by atoms with Crippen molar-refractivity contribution in [2.75, 3.05) is 13.1 Å². The molecule has 7 heteroatoms. The van der Waals surface area contributed by atoms with Crippen LogP contribution in [0, 0.1) is 5.82 Å². The summed E-state index contributed by atoms with van der Waals surface area (Å²) in [7, 11) is 0. The zero-order valence-corrected chi connectivity index (χ0v) is 13.5. The van der Waals surface area contributed by atoms with Gasteiger partial charge in [0.1, 0.15) is 24.2 Å². The van der Waals surface area contributed by atoms with Gasteiger partial charge in [0.05, 0.1) is 0 Å². The van der Waals surface area contributed by atoms with E-state index in [4.69, 9.17) is 0 Å². The molecule has 0 aliphatic carbocycles. The average molecular weight is 340 g/mol. The van der Waals surface area contributed by atoms with E-state index in [9.17, 15) is 14.0 Å². The van der Waals surface area contributed by atoms with Gasteiger partial charge in [-0.25, -0.2) is 9.07 Å². The number of carbonyl (C=O) groups excluding carboxylic acids is 1. The number of carbonyl (C=O) groups is 1. The zero-order chi connectivity index (χ0) is 17.4. The van der Waals surface area contributed by atoms with Crippen molar-refractivity contribution in [2.45, 2.75) is 18.9 Å². The van der Waals surface area contributed by atoms with Crippen molar-refractivity contribution in [3.05, 3.63) is 70.7 Å². The first-order valence-electron chi connectivity index (χ1n) is 8.18. The molecule has 1 fully saturated rings. The van der Waals surface area contributed by atoms with Crippen LogP contribution < -0.4 is 5.56 Å². The molecule has 3 aromatic rings. The van der Waals surface area contributed by atoms with Crippen molar-refractivity contribution in [1.29, 1.82) is 0 Å². The minimum Gasteiger partial charge on any atom is -0.340 e. The molecule has 0 spiro atoms. The van der Waals surface area contributed by atoms with Gasteiger partial charge in [0, 0.05) is 25.2 Å². The lowest BCUT2D eigenvalue weighted by molar-refractivity contribution is -0.131. The molecule has 1 aliphatic heterocycles. The molecular formula is C18H17FN4O2. The normalized spacial score (nSPS) is 17.3. The molecule has 1 saturated heterocycles. The smallest absolute Gasteiger partial charge is 0.291 e. The van der Waals surface area contributed by atoms with Crippen molar-refractivity contribution in [3.8, 4) is 0 Å². The number of halogens is 1. The molecule has 0 unspecified atom stereocenters. The number of amides is 1. The number of hydrogen-bond acceptors (Lipinski definition) is 3. The van der Waals surface area contributed by atoms with Crippen LogP contribution in [-0.2, 0) is 11.3 Å². The lowest BCUT2D eigenvalue weighted by atomic mass is 9.98. The fourth-order valence-electron chi connectivity index (χ4n) is 3.37. The summed E-state index contributed by atoms with van der Waals surface area (Å²) < 4.78 is 16.7. The quantitative estimate of drug-likeness (QED) is 0.728. The second-order valence-corrected chi connectivity index (χ2v) is 6.24. The summed E-state index contributed by atoms with van der Waals surface area (Å²) in [4.78, 5) is 26.5. The molecule has 1 aliphatic rings. The molecule has 1 aromatic carbocycles. The van der Waals surface area contributed by atoms with Crippen molar-refractivity contribution in [1.82, 2.24) is 19.1 Å². The van der Waals surface area contributed by atoms with Crippen LogP contribution in [-0.4, -0.2) is 38.1 Å². The highest BCUT2D eigenvalue weighted by molar-refractivity contribution is 5.76. The first-order valence-corrected chi connectivity index (χ1v) is 8.18. The molecule has 1 amide bonds. The Morgan fingerprint density at radius 3 is 2.92 bits per heavy atom. The monoisotopic (exact) mass is 340 g/mol. The molecule has 128 valence electrons. The fourth-order valence-corrected chi connectivity index (χ4v) is 3.37. The Labute approximate surface area is 143 Å². The van der Waals surface area contributed by atoms with Gasteiger partial charge >= 0.3 is 0 Å². The molecule has 0 saturated carbocycles. The number of aromatic nitrogens is 3. The third-order valence-corrected chi connectivity index (χ3v) is 4.72. The molecule has 6 nitrogen and oxygen atoms in total. The number of hydrogen-bond donors (Lipinski definition) is 0. The Morgan fingerprint density at radius 2 is 2.08 bits per heavy atom. The van der Waals surface area contributed by atoms with Gasteiger partial charge < -0.3 is 9.30 Å². The summed E-state index contributed by atoms with van der Waals surface area (Å²) in [6.07, 6.45) is 3.96. The van der Waals surface area contributed by atoms with Crippen molar-refractivity contribution < 1.29 is 9.18 Å². The van der Waals surface area contributed by atoms with Gasteiger partial charge in [0.2, 0.25) is 5.91 Å². The zero-order valence-electron chi connectivity index (χ0n) is 13.5. The molecule has 25 heavy (non-hydrogen) atoms. The summed E-state index contributed by atoms with van der Waals surface area (Å²) >= 11 is 0. The lowest BCUT2D eigenvalue weighted by Crippen LogP contribution is -2.36. The van der Waals surface area contributed by atoms with Crippen LogP contribution in [0.5, 0.6) is 0 Å². The second-order valence-electron chi connectivity index (χ2n) is 6.24. The van der Waals surface area contributed by atoms with Gasteiger partial charge in [-0.1, -0.05) is 18.2 Å². The Bertz CT molecular complexity index is 994. The summed E-state index contributed by atoms with van der Waals surface area (Å²) in [5, 5.41) is 4.04. The maximum Gasteiger partial charge on any atom is 0.291 e. The van der Waals surface area contributed by atoms with E-state index in [1.54, 1.807) is 45.8 Å². The predicted octanol–water partition coefficient (Wildman–Crippen LogP) is 1.65. The van der Waals surface area contributed by atoms with Crippen molar-refractivity contribution >= 4 is 11.4 Å². The van der Waals surface area contributed by atoms with Gasteiger partial charge in [-0.15, -0.1) is 0 Å². The van der Waals surface area contributed by atoms with Crippen LogP contribution in [0.25, 0.3) is 5.52 Å². The van der Waals surface area contributed by atoms with E-state index < -0.39 is 0 Å². The molecule has 0 N–H and O–H groups in total. The van der Waals surface area contributed by atoms with Crippen molar-refractivity contribution in [2.24, 2.45) is 0 Å². The summed E-state index contributed by atoms with van der Waals surface area (Å²) in [6.45, 7) is 0.909. The number of benzene rings is 1. The fraction of sp³-hybridized carbons (Fsp3) is 0.278. The van der Waals surface area contributed by atoms with Crippen molar-refractivity contribution in [3.63, 3.8) is 0 Å². The van der Waals surface area contributed by atoms with E-state index in [-0.39, 0.29) is 29.7 Å². The first-order chi connectivity index (χ1) is 12.1. The second kappa shape index (κ2) is 6.16. The van der Waals surface area contributed by atoms with Crippen LogP contribution in [0.2, 0.25) is 0 Å². The van der Waals surface area contributed by atoms with Gasteiger partial charge in [-0.3, -0.25) is 9.59 Å². The van der Waals surface area contributed by atoms with Gasteiger partial charge in [-0.2, -0.15) is 5.10 Å². The molecule has 0 radical (unpaired) electrons. The third-order valence-electron chi connectivity index (χ3n) is 4.72. The van der Waals surface area contributed by atoms with E-state index in [1.165, 1.54) is 17.1 Å². The Morgan fingerprint density at radius 1 is 1.24 bits per heavy atom. The summed E-state index contributed by atoms with van der Waals surface area (Å²) in [5.74, 6) is -0.425. The molecule has 1 atom stereocenters. The number of nitrogens with zero attached hydrogens (tertiary/aromatic N) is 4. The predicted molar refractivity (Wildman–Crippen MR) is 89.8 cm³/mol. The van der Waals surface area contributed by atoms with E-state index in [1.807, 2.05) is 0 Å². The maximum atomic E-state index is 13.9. The largest absolute Gasteiger partial charge is 0.340 e. The number of fused-ring (bicyclic) bond motifs is 1. The number of rotatable bonds is 3. The summed E-state index contributed by atoms with van der Waals surface area (Å²) in [6, 6.07) is 10.1.